The first-order chi connectivity index (χ1) is 23.7. The van der Waals surface area contributed by atoms with Gasteiger partial charge in [0.1, 0.15) is 13.2 Å². The van der Waals surface area contributed by atoms with Crippen molar-refractivity contribution in [2.45, 2.75) is 233 Å². The number of carbonyl (C=O) groups is 3. The second-order valence-corrected chi connectivity index (χ2v) is 15.6. The molecule has 49 heavy (non-hydrogen) atoms. The van der Waals surface area contributed by atoms with E-state index in [1.807, 2.05) is 0 Å². The van der Waals surface area contributed by atoms with Crippen LogP contribution in [0, 0.1) is 11.8 Å². The Bertz CT molecular complexity index is 749. The van der Waals surface area contributed by atoms with E-state index in [0.717, 1.165) is 69.6 Å². The molecule has 0 N–H and O–H groups in total. The van der Waals surface area contributed by atoms with Crippen LogP contribution in [0.15, 0.2) is 0 Å². The van der Waals surface area contributed by atoms with E-state index >= 15 is 0 Å². The number of hydrogen-bond acceptors (Lipinski definition) is 6. The van der Waals surface area contributed by atoms with E-state index in [2.05, 4.69) is 34.6 Å². The Morgan fingerprint density at radius 1 is 0.388 bits per heavy atom. The summed E-state index contributed by atoms with van der Waals surface area (Å²) < 4.78 is 16.6. The standard InChI is InChI=1S/C43H82O6/c1-6-7-8-9-10-11-12-13-17-23-28-33-41(44)47-36-40(49-43(46)35-30-25-20-19-22-27-32-39(4)5)37-48-42(45)34-29-24-18-15-14-16-21-26-31-38(2)3/h38-40H,6-37H2,1-5H3/t40-/m0/s1. The Balaban J connectivity index is 4.34. The van der Waals surface area contributed by atoms with Gasteiger partial charge in [-0.1, -0.05) is 189 Å². The molecule has 0 bridgehead atoms. The molecule has 1 atom stereocenters. The van der Waals surface area contributed by atoms with E-state index in [9.17, 15) is 14.4 Å². The molecule has 0 aliphatic rings. The summed E-state index contributed by atoms with van der Waals surface area (Å²) in [5.41, 5.74) is 0. The zero-order valence-electron chi connectivity index (χ0n) is 33.3. The number of ether oxygens (including phenoxy) is 3. The molecule has 6 nitrogen and oxygen atoms in total. The van der Waals surface area contributed by atoms with Crippen molar-refractivity contribution in [2.75, 3.05) is 13.2 Å². The molecule has 0 radical (unpaired) electrons. The SMILES string of the molecule is CCCCCCCCCCCCCC(=O)OC[C@@H](COC(=O)CCCCCCCCCCC(C)C)OC(=O)CCCCCCCCC(C)C. The molecule has 0 aromatic heterocycles. The van der Waals surface area contributed by atoms with E-state index in [-0.39, 0.29) is 31.1 Å². The number of hydrogen-bond donors (Lipinski definition) is 0. The quantitative estimate of drug-likeness (QED) is 0.0366. The first kappa shape index (κ1) is 47.4. The summed E-state index contributed by atoms with van der Waals surface area (Å²) in [5.74, 6) is 0.687. The van der Waals surface area contributed by atoms with Gasteiger partial charge >= 0.3 is 17.9 Å². The minimum atomic E-state index is -0.760. The summed E-state index contributed by atoms with van der Waals surface area (Å²) in [7, 11) is 0. The average molecular weight is 695 g/mol. The summed E-state index contributed by atoms with van der Waals surface area (Å²) in [5, 5.41) is 0. The number of carbonyl (C=O) groups excluding carboxylic acids is 3. The predicted octanol–water partition coefficient (Wildman–Crippen LogP) is 13.0. The van der Waals surface area contributed by atoms with Gasteiger partial charge < -0.3 is 14.2 Å². The number of esters is 3. The van der Waals surface area contributed by atoms with Crippen LogP contribution in [0.25, 0.3) is 0 Å². The lowest BCUT2D eigenvalue weighted by atomic mass is 10.0. The molecular formula is C43H82O6. The second kappa shape index (κ2) is 36.2. The van der Waals surface area contributed by atoms with Crippen LogP contribution in [0.2, 0.25) is 0 Å². The highest BCUT2D eigenvalue weighted by Crippen LogP contribution is 2.16. The predicted molar refractivity (Wildman–Crippen MR) is 206 cm³/mol. The molecule has 0 aliphatic carbocycles. The smallest absolute Gasteiger partial charge is 0.306 e. The van der Waals surface area contributed by atoms with E-state index in [1.54, 1.807) is 0 Å². The van der Waals surface area contributed by atoms with Crippen LogP contribution in [-0.4, -0.2) is 37.2 Å². The third-order valence-corrected chi connectivity index (χ3v) is 9.47. The zero-order valence-corrected chi connectivity index (χ0v) is 33.3. The summed E-state index contributed by atoms with van der Waals surface area (Å²) in [4.78, 5) is 37.5. The van der Waals surface area contributed by atoms with E-state index in [4.69, 9.17) is 14.2 Å². The maximum Gasteiger partial charge on any atom is 0.306 e. The van der Waals surface area contributed by atoms with Gasteiger partial charge in [-0.2, -0.15) is 0 Å². The van der Waals surface area contributed by atoms with Crippen molar-refractivity contribution in [2.24, 2.45) is 11.8 Å². The molecule has 0 spiro atoms. The highest BCUT2D eigenvalue weighted by Gasteiger charge is 2.19. The molecule has 0 aliphatic heterocycles. The van der Waals surface area contributed by atoms with Gasteiger partial charge in [0.15, 0.2) is 6.10 Å². The van der Waals surface area contributed by atoms with Crippen molar-refractivity contribution in [1.82, 2.24) is 0 Å². The van der Waals surface area contributed by atoms with Gasteiger partial charge in [0, 0.05) is 19.3 Å². The molecule has 0 fully saturated rings. The van der Waals surface area contributed by atoms with Crippen LogP contribution in [0.1, 0.15) is 227 Å². The normalized spacial score (nSPS) is 12.1. The lowest BCUT2D eigenvalue weighted by Gasteiger charge is -2.18. The minimum Gasteiger partial charge on any atom is -0.462 e. The van der Waals surface area contributed by atoms with E-state index < -0.39 is 6.10 Å². The molecule has 0 aromatic carbocycles. The molecule has 0 saturated heterocycles. The Morgan fingerprint density at radius 2 is 0.673 bits per heavy atom. The molecule has 6 heteroatoms. The van der Waals surface area contributed by atoms with Gasteiger partial charge in [-0.25, -0.2) is 0 Å². The fourth-order valence-electron chi connectivity index (χ4n) is 6.22. The molecule has 0 saturated carbocycles. The lowest BCUT2D eigenvalue weighted by molar-refractivity contribution is -0.167. The van der Waals surface area contributed by atoms with Crippen LogP contribution >= 0.6 is 0 Å². The van der Waals surface area contributed by atoms with Gasteiger partial charge in [0.25, 0.3) is 0 Å². The minimum absolute atomic E-state index is 0.0666. The largest absolute Gasteiger partial charge is 0.462 e. The Morgan fingerprint density at radius 3 is 1.00 bits per heavy atom. The van der Waals surface area contributed by atoms with Crippen molar-refractivity contribution in [3.63, 3.8) is 0 Å². The fourth-order valence-corrected chi connectivity index (χ4v) is 6.22. The van der Waals surface area contributed by atoms with Crippen molar-refractivity contribution >= 4 is 17.9 Å². The molecule has 0 heterocycles. The maximum absolute atomic E-state index is 12.6. The van der Waals surface area contributed by atoms with Gasteiger partial charge in [-0.15, -0.1) is 0 Å². The van der Waals surface area contributed by atoms with Crippen LogP contribution in [0.5, 0.6) is 0 Å². The van der Waals surface area contributed by atoms with Gasteiger partial charge in [0.2, 0.25) is 0 Å². The summed E-state index contributed by atoms with van der Waals surface area (Å²) >= 11 is 0. The fraction of sp³-hybridized carbons (Fsp3) is 0.930. The van der Waals surface area contributed by atoms with Crippen LogP contribution in [0.3, 0.4) is 0 Å². The van der Waals surface area contributed by atoms with E-state index in [1.165, 1.54) is 116 Å². The number of rotatable bonds is 37. The van der Waals surface area contributed by atoms with Crippen LogP contribution in [0.4, 0.5) is 0 Å². The first-order valence-electron chi connectivity index (χ1n) is 21.2. The molecule has 290 valence electrons. The lowest BCUT2D eigenvalue weighted by Crippen LogP contribution is -2.30. The molecular weight excluding hydrogens is 612 g/mol. The average Bonchev–Trinajstić information content (AvgIpc) is 3.06. The van der Waals surface area contributed by atoms with Gasteiger partial charge in [0.05, 0.1) is 0 Å². The molecule has 0 aromatic rings. The Labute approximate surface area is 304 Å². The first-order valence-corrected chi connectivity index (χ1v) is 21.2. The third-order valence-electron chi connectivity index (χ3n) is 9.47. The van der Waals surface area contributed by atoms with Crippen molar-refractivity contribution in [3.05, 3.63) is 0 Å². The molecule has 0 rings (SSSR count). The summed E-state index contributed by atoms with van der Waals surface area (Å²) in [6, 6.07) is 0. The van der Waals surface area contributed by atoms with Gasteiger partial charge in [-0.05, 0) is 31.1 Å². The van der Waals surface area contributed by atoms with Crippen molar-refractivity contribution in [3.8, 4) is 0 Å². The summed E-state index contributed by atoms with van der Waals surface area (Å²) in [6.45, 7) is 11.2. The molecule has 0 unspecified atom stereocenters. The highest BCUT2D eigenvalue weighted by molar-refractivity contribution is 5.71. The van der Waals surface area contributed by atoms with Crippen molar-refractivity contribution < 1.29 is 28.6 Å². The van der Waals surface area contributed by atoms with Crippen molar-refractivity contribution in [1.29, 1.82) is 0 Å². The number of unbranched alkanes of at least 4 members (excludes halogenated alkanes) is 22. The van der Waals surface area contributed by atoms with Crippen LogP contribution in [-0.2, 0) is 28.6 Å². The second-order valence-electron chi connectivity index (χ2n) is 15.6. The third kappa shape index (κ3) is 37.5. The monoisotopic (exact) mass is 695 g/mol. The highest BCUT2D eigenvalue weighted by atomic mass is 16.6. The zero-order chi connectivity index (χ0) is 36.2. The summed E-state index contributed by atoms with van der Waals surface area (Å²) in [6.07, 6.45) is 32.5. The maximum atomic E-state index is 12.6. The van der Waals surface area contributed by atoms with Gasteiger partial charge in [-0.3, -0.25) is 14.4 Å². The van der Waals surface area contributed by atoms with E-state index in [0.29, 0.717) is 19.3 Å². The Hall–Kier alpha value is -1.59. The Kier molecular flexibility index (Phi) is 35.0. The topological polar surface area (TPSA) is 78.9 Å². The van der Waals surface area contributed by atoms with Crippen LogP contribution < -0.4 is 0 Å². The molecule has 0 amide bonds.